The molecule has 0 spiro atoms. The van der Waals surface area contributed by atoms with Crippen LogP contribution < -0.4 is 4.72 Å². The zero-order chi connectivity index (χ0) is 23.9. The van der Waals surface area contributed by atoms with Gasteiger partial charge in [-0.05, 0) is 153 Å². The molecule has 4 aliphatic carbocycles. The van der Waals surface area contributed by atoms with E-state index in [1.807, 2.05) is 11.9 Å². The first-order valence-electron chi connectivity index (χ1n) is 14.8. The average Bonchev–Trinajstić information content (AvgIpc) is 3.16. The van der Waals surface area contributed by atoms with E-state index >= 15 is 0 Å². The highest BCUT2D eigenvalue weighted by Crippen LogP contribution is 2.69. The van der Waals surface area contributed by atoms with Crippen LogP contribution >= 0.6 is 11.9 Å². The SMILES string of the molecule is CC[C@H]1CC2C3CCC(CCCNSc4ccc(C)c(C)c4)C3(C)CC[C@@H]2C2(C)CCCCC12. The normalized spacial score (nSPS) is 41.6. The number of benzene rings is 1. The van der Waals surface area contributed by atoms with Crippen molar-refractivity contribution in [2.24, 2.45) is 46.3 Å². The molecule has 0 amide bonds. The first-order valence-corrected chi connectivity index (χ1v) is 15.7. The second-order valence-corrected chi connectivity index (χ2v) is 14.3. The van der Waals surface area contributed by atoms with Crippen molar-refractivity contribution in [2.45, 2.75) is 117 Å². The summed E-state index contributed by atoms with van der Waals surface area (Å²) in [4.78, 5) is 1.35. The van der Waals surface area contributed by atoms with Crippen LogP contribution in [0.1, 0.15) is 109 Å². The Hall–Kier alpha value is -0.470. The van der Waals surface area contributed by atoms with Crippen LogP contribution in [-0.2, 0) is 0 Å². The number of fused-ring (bicyclic) bond motifs is 5. The molecule has 2 heteroatoms. The minimum Gasteiger partial charge on any atom is -0.260 e. The van der Waals surface area contributed by atoms with Gasteiger partial charge in [0.25, 0.3) is 0 Å². The molecule has 1 N–H and O–H groups in total. The van der Waals surface area contributed by atoms with Gasteiger partial charge in [0.05, 0.1) is 0 Å². The Morgan fingerprint density at radius 3 is 2.53 bits per heavy atom. The van der Waals surface area contributed by atoms with Gasteiger partial charge >= 0.3 is 0 Å². The molecule has 0 bridgehead atoms. The zero-order valence-electron chi connectivity index (χ0n) is 22.8. The highest BCUT2D eigenvalue weighted by atomic mass is 32.2. The number of hydrogen-bond acceptors (Lipinski definition) is 2. The summed E-state index contributed by atoms with van der Waals surface area (Å²) < 4.78 is 3.67. The highest BCUT2D eigenvalue weighted by Gasteiger charge is 2.60. The molecule has 6 unspecified atom stereocenters. The van der Waals surface area contributed by atoms with E-state index in [0.29, 0.717) is 10.8 Å². The van der Waals surface area contributed by atoms with Crippen LogP contribution in [0.3, 0.4) is 0 Å². The van der Waals surface area contributed by atoms with Gasteiger partial charge in [0.2, 0.25) is 0 Å². The average molecular weight is 482 g/mol. The summed E-state index contributed by atoms with van der Waals surface area (Å²) in [6, 6.07) is 6.82. The lowest BCUT2D eigenvalue weighted by Gasteiger charge is -2.62. The molecule has 5 rings (SSSR count). The fraction of sp³-hybridized carbons (Fsp3) is 0.812. The largest absolute Gasteiger partial charge is 0.260 e. The van der Waals surface area contributed by atoms with Gasteiger partial charge in [-0.25, -0.2) is 0 Å². The third kappa shape index (κ3) is 4.42. The van der Waals surface area contributed by atoms with Gasteiger partial charge in [-0.1, -0.05) is 46.1 Å². The Morgan fingerprint density at radius 2 is 1.74 bits per heavy atom. The third-order valence-corrected chi connectivity index (χ3v) is 12.8. The van der Waals surface area contributed by atoms with E-state index in [1.165, 1.54) is 80.2 Å². The van der Waals surface area contributed by atoms with Crippen LogP contribution in [-0.4, -0.2) is 6.54 Å². The van der Waals surface area contributed by atoms with E-state index in [0.717, 1.165) is 42.1 Å². The van der Waals surface area contributed by atoms with E-state index in [9.17, 15) is 0 Å². The van der Waals surface area contributed by atoms with Crippen LogP contribution in [0.2, 0.25) is 0 Å². The van der Waals surface area contributed by atoms with Crippen LogP contribution in [0.5, 0.6) is 0 Å². The monoisotopic (exact) mass is 481 g/mol. The van der Waals surface area contributed by atoms with Gasteiger partial charge < -0.3 is 0 Å². The van der Waals surface area contributed by atoms with Gasteiger partial charge in [0.1, 0.15) is 0 Å². The first-order chi connectivity index (χ1) is 16.4. The lowest BCUT2D eigenvalue weighted by atomic mass is 9.42. The van der Waals surface area contributed by atoms with Crippen LogP contribution in [0.4, 0.5) is 0 Å². The Kier molecular flexibility index (Phi) is 7.50. The fourth-order valence-electron chi connectivity index (χ4n) is 9.94. The first kappa shape index (κ1) is 25.2. The molecular formula is C32H51NS. The molecule has 34 heavy (non-hydrogen) atoms. The summed E-state index contributed by atoms with van der Waals surface area (Å²) in [7, 11) is 0. The minimum atomic E-state index is 0.624. The molecule has 1 nitrogen and oxygen atoms in total. The Balaban J connectivity index is 1.18. The Labute approximate surface area is 215 Å². The summed E-state index contributed by atoms with van der Waals surface area (Å²) in [5, 5.41) is 0. The van der Waals surface area contributed by atoms with E-state index in [2.05, 4.69) is 57.5 Å². The smallest absolute Gasteiger partial charge is 0.0230 e. The second kappa shape index (κ2) is 10.1. The molecule has 4 saturated carbocycles. The predicted molar refractivity (Wildman–Crippen MR) is 148 cm³/mol. The van der Waals surface area contributed by atoms with Gasteiger partial charge in [-0.2, -0.15) is 0 Å². The summed E-state index contributed by atoms with van der Waals surface area (Å²) in [6.07, 6.45) is 17.9. The molecule has 0 aliphatic heterocycles. The van der Waals surface area contributed by atoms with E-state index in [4.69, 9.17) is 0 Å². The lowest BCUT2D eigenvalue weighted by Crippen LogP contribution is -2.55. The van der Waals surface area contributed by atoms with Crippen molar-refractivity contribution < 1.29 is 0 Å². The summed E-state index contributed by atoms with van der Waals surface area (Å²) in [6.45, 7) is 13.5. The van der Waals surface area contributed by atoms with Crippen molar-refractivity contribution in [1.29, 1.82) is 0 Å². The van der Waals surface area contributed by atoms with E-state index < -0.39 is 0 Å². The van der Waals surface area contributed by atoms with E-state index in [1.54, 1.807) is 12.8 Å². The lowest BCUT2D eigenvalue weighted by molar-refractivity contribution is -0.135. The molecule has 0 saturated heterocycles. The van der Waals surface area contributed by atoms with Crippen LogP contribution in [0.15, 0.2) is 23.1 Å². The van der Waals surface area contributed by atoms with Crippen molar-refractivity contribution >= 4 is 11.9 Å². The molecule has 1 aromatic rings. The van der Waals surface area contributed by atoms with Crippen LogP contribution in [0, 0.1) is 60.2 Å². The van der Waals surface area contributed by atoms with Crippen molar-refractivity contribution in [2.75, 3.05) is 6.54 Å². The Bertz CT molecular complexity index is 849. The predicted octanol–water partition coefficient (Wildman–Crippen LogP) is 9.37. The maximum Gasteiger partial charge on any atom is 0.0230 e. The molecule has 0 radical (unpaired) electrons. The number of nitrogens with one attached hydrogen (secondary N) is 1. The molecule has 190 valence electrons. The molecule has 8 atom stereocenters. The number of rotatable bonds is 7. The quantitative estimate of drug-likeness (QED) is 0.307. The number of hydrogen-bond donors (Lipinski definition) is 1. The van der Waals surface area contributed by atoms with Gasteiger partial charge in [-0.3, -0.25) is 4.72 Å². The van der Waals surface area contributed by atoms with Gasteiger partial charge in [-0.15, -0.1) is 0 Å². The third-order valence-electron chi connectivity index (χ3n) is 12.0. The Morgan fingerprint density at radius 1 is 0.912 bits per heavy atom. The summed E-state index contributed by atoms with van der Waals surface area (Å²) in [5.74, 6) is 6.10. The van der Waals surface area contributed by atoms with Crippen LogP contribution in [0.25, 0.3) is 0 Å². The summed E-state index contributed by atoms with van der Waals surface area (Å²) >= 11 is 1.83. The standard InChI is InChI=1S/C32H51NS/c1-6-24-21-27-29-15-13-25(10-9-19-33-34-26-14-12-22(2)23(3)20-26)31(29,4)18-16-30(27)32(5)17-8-7-11-28(24)32/h12,14,20,24-25,27-30,33H,6-11,13,15-19,21H2,1-5H3/t24-,25?,27?,28?,29?,30-,31?,32?/m0/s1. The molecule has 0 heterocycles. The van der Waals surface area contributed by atoms with E-state index in [-0.39, 0.29) is 0 Å². The maximum atomic E-state index is 3.67. The zero-order valence-corrected chi connectivity index (χ0v) is 23.6. The highest BCUT2D eigenvalue weighted by molar-refractivity contribution is 7.97. The topological polar surface area (TPSA) is 12.0 Å². The fourth-order valence-corrected chi connectivity index (χ4v) is 10.7. The molecular weight excluding hydrogens is 430 g/mol. The van der Waals surface area contributed by atoms with Crippen molar-refractivity contribution in [3.8, 4) is 0 Å². The molecule has 1 aromatic carbocycles. The number of aryl methyl sites for hydroxylation is 2. The van der Waals surface area contributed by atoms with Crippen molar-refractivity contribution in [3.63, 3.8) is 0 Å². The van der Waals surface area contributed by atoms with Crippen molar-refractivity contribution in [1.82, 2.24) is 4.72 Å². The molecule has 0 aromatic heterocycles. The van der Waals surface area contributed by atoms with Crippen molar-refractivity contribution in [3.05, 3.63) is 29.3 Å². The van der Waals surface area contributed by atoms with Gasteiger partial charge in [0, 0.05) is 11.4 Å². The second-order valence-electron chi connectivity index (χ2n) is 13.3. The minimum absolute atomic E-state index is 0.624. The van der Waals surface area contributed by atoms with Gasteiger partial charge in [0.15, 0.2) is 0 Å². The molecule has 4 fully saturated rings. The summed E-state index contributed by atoms with van der Waals surface area (Å²) in [5.41, 5.74) is 4.07. The molecule has 4 aliphatic rings. The maximum absolute atomic E-state index is 3.67.